The number of imidazole rings is 1. The molecule has 37 heavy (non-hydrogen) atoms. The lowest BCUT2D eigenvalue weighted by molar-refractivity contribution is -0.142. The van der Waals surface area contributed by atoms with E-state index in [9.17, 15) is 15.0 Å². The summed E-state index contributed by atoms with van der Waals surface area (Å²) in [4.78, 5) is 16.1. The molecule has 5 heteroatoms. The van der Waals surface area contributed by atoms with Gasteiger partial charge in [-0.25, -0.2) is 4.98 Å². The molecule has 5 nitrogen and oxygen atoms in total. The number of hydrogen-bond acceptors (Lipinski definition) is 3. The third kappa shape index (κ3) is 6.88. The van der Waals surface area contributed by atoms with Crippen LogP contribution in [0.1, 0.15) is 68.5 Å². The van der Waals surface area contributed by atoms with Crippen LogP contribution in [0.3, 0.4) is 0 Å². The van der Waals surface area contributed by atoms with E-state index in [1.807, 2.05) is 31.3 Å². The number of aliphatic carboxylic acids is 1. The summed E-state index contributed by atoms with van der Waals surface area (Å²) < 4.78 is 2.06. The van der Waals surface area contributed by atoms with Crippen molar-refractivity contribution in [3.05, 3.63) is 109 Å². The summed E-state index contributed by atoms with van der Waals surface area (Å²) in [7, 11) is 0. The quantitative estimate of drug-likeness (QED) is 0.211. The second-order valence-electron chi connectivity index (χ2n) is 10.00. The highest BCUT2D eigenvalue weighted by atomic mass is 16.4. The van der Waals surface area contributed by atoms with Gasteiger partial charge in [0, 0.05) is 18.4 Å². The minimum atomic E-state index is -0.750. The zero-order valence-electron chi connectivity index (χ0n) is 21.6. The molecule has 1 aromatic heterocycles. The lowest BCUT2D eigenvalue weighted by atomic mass is 9.80. The largest absolute Gasteiger partial charge is 0.508 e. The Bertz CT molecular complexity index is 1250. The molecule has 0 amide bonds. The molecule has 3 aromatic carbocycles. The van der Waals surface area contributed by atoms with Crippen LogP contribution in [0.4, 0.5) is 0 Å². The maximum absolute atomic E-state index is 11.9. The minimum absolute atomic E-state index is 0.00482. The highest BCUT2D eigenvalue weighted by Crippen LogP contribution is 2.39. The first-order valence-corrected chi connectivity index (χ1v) is 13.1. The number of benzene rings is 3. The number of rotatable bonds is 12. The zero-order chi connectivity index (χ0) is 26.2. The molecular weight excluding hydrogens is 460 g/mol. The number of phenols is 1. The van der Waals surface area contributed by atoms with Gasteiger partial charge in [-0.2, -0.15) is 0 Å². The van der Waals surface area contributed by atoms with E-state index in [0.717, 1.165) is 18.4 Å². The molecule has 0 saturated heterocycles. The lowest BCUT2D eigenvalue weighted by Crippen LogP contribution is -2.21. The number of carboxylic acid groups (broad SMARTS) is 1. The van der Waals surface area contributed by atoms with E-state index >= 15 is 0 Å². The molecule has 4 unspecified atom stereocenters. The van der Waals surface area contributed by atoms with Gasteiger partial charge < -0.3 is 14.8 Å². The Morgan fingerprint density at radius 3 is 2.27 bits per heavy atom. The second-order valence-corrected chi connectivity index (χ2v) is 10.00. The van der Waals surface area contributed by atoms with Gasteiger partial charge >= 0.3 is 5.97 Å². The van der Waals surface area contributed by atoms with Gasteiger partial charge in [0.2, 0.25) is 0 Å². The van der Waals surface area contributed by atoms with Crippen molar-refractivity contribution >= 4 is 5.97 Å². The van der Waals surface area contributed by atoms with Gasteiger partial charge in [-0.1, -0.05) is 80.6 Å². The van der Waals surface area contributed by atoms with Gasteiger partial charge in [-0.3, -0.25) is 4.79 Å². The van der Waals surface area contributed by atoms with Gasteiger partial charge in [-0.15, -0.1) is 0 Å². The molecule has 0 aliphatic carbocycles. The molecule has 192 valence electrons. The third-order valence-corrected chi connectivity index (χ3v) is 7.47. The average molecular weight is 497 g/mol. The molecule has 2 N–H and O–H groups in total. The summed E-state index contributed by atoms with van der Waals surface area (Å²) >= 11 is 0. The fourth-order valence-corrected chi connectivity index (χ4v) is 5.26. The molecule has 0 aliphatic heterocycles. The molecule has 0 saturated carbocycles. The van der Waals surface area contributed by atoms with Gasteiger partial charge in [0.05, 0.1) is 12.2 Å². The van der Waals surface area contributed by atoms with Gasteiger partial charge in [0.1, 0.15) is 5.75 Å². The first-order chi connectivity index (χ1) is 17.9. The number of phenolic OH excluding ortho intramolecular Hbond substituents is 1. The van der Waals surface area contributed by atoms with Crippen LogP contribution < -0.4 is 0 Å². The van der Waals surface area contributed by atoms with Crippen molar-refractivity contribution in [1.29, 1.82) is 0 Å². The van der Waals surface area contributed by atoms with Crippen molar-refractivity contribution in [1.82, 2.24) is 9.55 Å². The molecule has 0 aliphatic rings. The Hall–Kier alpha value is -3.86. The molecule has 4 atom stereocenters. The lowest BCUT2D eigenvalue weighted by Gasteiger charge is -2.29. The smallest absolute Gasteiger partial charge is 0.306 e. The van der Waals surface area contributed by atoms with Crippen LogP contribution in [-0.4, -0.2) is 25.7 Å². The van der Waals surface area contributed by atoms with Crippen LogP contribution in [0.5, 0.6) is 5.75 Å². The maximum Gasteiger partial charge on any atom is 0.306 e. The standard InChI is InChI=1S/C32H36N2O3/c1-3-24(32(36)37)20-30(34-17-16-33-22-34)21-29(26-12-14-31(35)15-13-26)18-23(2)27-10-7-11-28(19-27)25-8-5-4-6-9-25/h4-17,19,22-24,29-30,35H,3,18,20-21H2,1-2H3,(H,36,37). The number of carboxylic acids is 1. The van der Waals surface area contributed by atoms with E-state index < -0.39 is 11.9 Å². The summed E-state index contributed by atoms with van der Waals surface area (Å²) in [6, 6.07) is 26.6. The van der Waals surface area contributed by atoms with Crippen molar-refractivity contribution in [2.24, 2.45) is 5.92 Å². The van der Waals surface area contributed by atoms with Gasteiger partial charge in [0.15, 0.2) is 0 Å². The molecule has 1 heterocycles. The van der Waals surface area contributed by atoms with Gasteiger partial charge in [-0.05, 0) is 71.9 Å². The fraction of sp³-hybridized carbons (Fsp3) is 0.312. The molecule has 0 spiro atoms. The predicted molar refractivity (Wildman–Crippen MR) is 148 cm³/mol. The Kier molecular flexibility index (Phi) is 8.78. The van der Waals surface area contributed by atoms with E-state index in [-0.39, 0.29) is 23.6 Å². The monoisotopic (exact) mass is 496 g/mol. The molecule has 0 fully saturated rings. The number of aromatic hydroxyl groups is 1. The number of carbonyl (C=O) groups is 1. The third-order valence-electron chi connectivity index (χ3n) is 7.47. The molecule has 4 aromatic rings. The highest BCUT2D eigenvalue weighted by molar-refractivity contribution is 5.69. The van der Waals surface area contributed by atoms with Crippen LogP contribution in [-0.2, 0) is 4.79 Å². The van der Waals surface area contributed by atoms with Crippen LogP contribution in [0, 0.1) is 5.92 Å². The summed E-state index contributed by atoms with van der Waals surface area (Å²) in [6.45, 7) is 4.19. The molecule has 4 rings (SSSR count). The Morgan fingerprint density at radius 1 is 0.892 bits per heavy atom. The Balaban J connectivity index is 1.62. The van der Waals surface area contributed by atoms with Crippen molar-refractivity contribution in [2.75, 3.05) is 0 Å². The van der Waals surface area contributed by atoms with E-state index in [2.05, 4.69) is 65.0 Å². The topological polar surface area (TPSA) is 75.3 Å². The van der Waals surface area contributed by atoms with E-state index in [4.69, 9.17) is 0 Å². The molecular formula is C32H36N2O3. The number of hydrogen-bond donors (Lipinski definition) is 2. The van der Waals surface area contributed by atoms with Crippen molar-refractivity contribution in [3.8, 4) is 16.9 Å². The molecule has 0 radical (unpaired) electrons. The van der Waals surface area contributed by atoms with E-state index in [1.54, 1.807) is 24.7 Å². The highest BCUT2D eigenvalue weighted by Gasteiger charge is 2.27. The van der Waals surface area contributed by atoms with Crippen molar-refractivity contribution in [3.63, 3.8) is 0 Å². The summed E-state index contributed by atoms with van der Waals surface area (Å²) in [6.07, 6.45) is 8.30. The van der Waals surface area contributed by atoms with Gasteiger partial charge in [0.25, 0.3) is 0 Å². The summed E-state index contributed by atoms with van der Waals surface area (Å²) in [5.41, 5.74) is 4.83. The first kappa shape index (κ1) is 26.2. The summed E-state index contributed by atoms with van der Waals surface area (Å²) in [5, 5.41) is 19.7. The summed E-state index contributed by atoms with van der Waals surface area (Å²) in [5.74, 6) is -0.455. The van der Waals surface area contributed by atoms with Crippen molar-refractivity contribution < 1.29 is 15.0 Å². The zero-order valence-corrected chi connectivity index (χ0v) is 21.6. The Morgan fingerprint density at radius 2 is 1.62 bits per heavy atom. The van der Waals surface area contributed by atoms with Crippen LogP contribution >= 0.6 is 0 Å². The normalized spacial score (nSPS) is 14.5. The predicted octanol–water partition coefficient (Wildman–Crippen LogP) is 7.67. The van der Waals surface area contributed by atoms with E-state index in [0.29, 0.717) is 12.8 Å². The fourth-order valence-electron chi connectivity index (χ4n) is 5.26. The van der Waals surface area contributed by atoms with Crippen LogP contribution in [0.15, 0.2) is 97.6 Å². The average Bonchev–Trinajstić information content (AvgIpc) is 3.46. The van der Waals surface area contributed by atoms with Crippen LogP contribution in [0.2, 0.25) is 0 Å². The first-order valence-electron chi connectivity index (χ1n) is 13.1. The maximum atomic E-state index is 11.9. The van der Waals surface area contributed by atoms with Crippen molar-refractivity contribution in [2.45, 2.75) is 57.4 Å². The number of aromatic nitrogens is 2. The number of nitrogens with zero attached hydrogens (tertiary/aromatic N) is 2. The minimum Gasteiger partial charge on any atom is -0.508 e. The molecule has 0 bridgehead atoms. The SMILES string of the molecule is CCC(CC(CC(CC(C)c1cccc(-c2ccccc2)c1)c1ccc(O)cc1)n1ccnc1)C(=O)O. The van der Waals surface area contributed by atoms with Crippen LogP contribution in [0.25, 0.3) is 11.1 Å². The van der Waals surface area contributed by atoms with E-state index in [1.165, 1.54) is 16.7 Å². The Labute approximate surface area is 219 Å². The second kappa shape index (κ2) is 12.4.